The van der Waals surface area contributed by atoms with Crippen molar-refractivity contribution in [1.29, 1.82) is 0 Å². The molecule has 1 amide bonds. The third kappa shape index (κ3) is 2.82. The first-order valence-corrected chi connectivity index (χ1v) is 6.27. The molecule has 0 spiro atoms. The number of amides is 1. The van der Waals surface area contributed by atoms with Crippen LogP contribution >= 0.6 is 0 Å². The van der Waals surface area contributed by atoms with Crippen LogP contribution in [0.1, 0.15) is 5.56 Å². The van der Waals surface area contributed by atoms with Gasteiger partial charge in [-0.05, 0) is 30.2 Å². The molecule has 1 N–H and O–H groups in total. The number of hydrogen-bond donors (Lipinski definition) is 1. The molecule has 2 aromatic rings. The van der Waals surface area contributed by atoms with Crippen molar-refractivity contribution >= 4 is 5.91 Å². The summed E-state index contributed by atoms with van der Waals surface area (Å²) in [5.41, 5.74) is 2.18. The van der Waals surface area contributed by atoms with Gasteiger partial charge in [0.1, 0.15) is 6.61 Å². The minimum atomic E-state index is -0.0421. The van der Waals surface area contributed by atoms with E-state index in [1.165, 1.54) is 0 Å². The Bertz CT molecular complexity index is 566. The highest BCUT2D eigenvalue weighted by Gasteiger charge is 2.18. The summed E-state index contributed by atoms with van der Waals surface area (Å²) >= 11 is 0. The molecule has 1 fully saturated rings. The van der Waals surface area contributed by atoms with Gasteiger partial charge in [0.15, 0.2) is 0 Å². The molecule has 2 heterocycles. The van der Waals surface area contributed by atoms with Gasteiger partial charge in [-0.15, -0.1) is 0 Å². The van der Waals surface area contributed by atoms with Gasteiger partial charge in [-0.3, -0.25) is 4.79 Å². The number of aromatic nitrogens is 2. The van der Waals surface area contributed by atoms with Crippen LogP contribution in [0.4, 0.5) is 0 Å². The Balaban J connectivity index is 1.74. The Morgan fingerprint density at radius 3 is 3.16 bits per heavy atom. The van der Waals surface area contributed by atoms with E-state index in [0.717, 1.165) is 17.7 Å². The van der Waals surface area contributed by atoms with Gasteiger partial charge in [0.2, 0.25) is 5.91 Å². The van der Waals surface area contributed by atoms with Crippen LogP contribution in [0.5, 0.6) is 0 Å². The smallest absolute Gasteiger partial charge is 0.246 e. The van der Waals surface area contributed by atoms with Crippen molar-refractivity contribution < 1.29 is 9.53 Å². The quantitative estimate of drug-likeness (QED) is 0.890. The lowest BCUT2D eigenvalue weighted by atomic mass is 10.1. The summed E-state index contributed by atoms with van der Waals surface area (Å²) < 4.78 is 7.06. The van der Waals surface area contributed by atoms with Crippen LogP contribution in [0.3, 0.4) is 0 Å². The second-order valence-electron chi connectivity index (χ2n) is 4.60. The van der Waals surface area contributed by atoms with Crippen LogP contribution in [0, 0.1) is 0 Å². The number of carbonyl (C=O) groups is 1. The van der Waals surface area contributed by atoms with Crippen molar-refractivity contribution in [1.82, 2.24) is 15.1 Å². The van der Waals surface area contributed by atoms with Crippen molar-refractivity contribution in [3.8, 4) is 5.69 Å². The van der Waals surface area contributed by atoms with E-state index < -0.39 is 0 Å². The lowest BCUT2D eigenvalue weighted by Crippen LogP contribution is -2.46. The van der Waals surface area contributed by atoms with Gasteiger partial charge in [-0.1, -0.05) is 12.1 Å². The fourth-order valence-corrected chi connectivity index (χ4v) is 2.25. The molecule has 1 aliphatic rings. The van der Waals surface area contributed by atoms with Crippen LogP contribution in [0.15, 0.2) is 42.7 Å². The minimum absolute atomic E-state index is 0.0421. The number of carbonyl (C=O) groups excluding carboxylic acids is 1. The molecule has 1 aromatic carbocycles. The molecule has 0 saturated carbocycles. The standard InChI is InChI=1S/C14H15N3O2/c18-14-10-19-9-12(16-14)7-11-3-1-4-13(8-11)17-6-2-5-15-17/h1-6,8,12H,7,9-10H2,(H,16,18)/t12-/m1/s1. The zero-order valence-electron chi connectivity index (χ0n) is 10.5. The van der Waals surface area contributed by atoms with E-state index in [0.29, 0.717) is 6.61 Å². The third-order valence-corrected chi connectivity index (χ3v) is 3.08. The largest absolute Gasteiger partial charge is 0.369 e. The van der Waals surface area contributed by atoms with Crippen LogP contribution < -0.4 is 5.32 Å². The summed E-state index contributed by atoms with van der Waals surface area (Å²) in [7, 11) is 0. The second-order valence-corrected chi connectivity index (χ2v) is 4.60. The molecule has 3 rings (SSSR count). The highest BCUT2D eigenvalue weighted by Crippen LogP contribution is 2.12. The summed E-state index contributed by atoms with van der Waals surface area (Å²) in [4.78, 5) is 11.3. The molecular formula is C14H15N3O2. The normalized spacial score (nSPS) is 19.2. The number of benzene rings is 1. The number of ether oxygens (including phenoxy) is 1. The topological polar surface area (TPSA) is 56.2 Å². The molecule has 1 aliphatic heterocycles. The van der Waals surface area contributed by atoms with Crippen molar-refractivity contribution in [2.24, 2.45) is 0 Å². The molecule has 1 saturated heterocycles. The van der Waals surface area contributed by atoms with Crippen LogP contribution in [-0.4, -0.2) is 34.9 Å². The number of rotatable bonds is 3. The molecule has 0 bridgehead atoms. The first-order chi connectivity index (χ1) is 9.31. The molecule has 19 heavy (non-hydrogen) atoms. The molecule has 5 heteroatoms. The van der Waals surface area contributed by atoms with Crippen molar-refractivity contribution in [2.75, 3.05) is 13.2 Å². The van der Waals surface area contributed by atoms with Gasteiger partial charge in [-0.25, -0.2) is 4.68 Å². The predicted octanol–water partition coefficient (Wildman–Crippen LogP) is 0.930. The lowest BCUT2D eigenvalue weighted by molar-refractivity contribution is -0.131. The van der Waals surface area contributed by atoms with Crippen LogP contribution in [0.25, 0.3) is 5.69 Å². The maximum atomic E-state index is 11.3. The Labute approximate surface area is 111 Å². The first-order valence-electron chi connectivity index (χ1n) is 6.27. The molecule has 1 atom stereocenters. The fraction of sp³-hybridized carbons (Fsp3) is 0.286. The number of morpholine rings is 1. The Morgan fingerprint density at radius 1 is 1.42 bits per heavy atom. The van der Waals surface area contributed by atoms with Gasteiger partial charge in [0.05, 0.1) is 18.3 Å². The summed E-state index contributed by atoms with van der Waals surface area (Å²) in [6, 6.07) is 10.1. The number of nitrogens with zero attached hydrogens (tertiary/aromatic N) is 2. The van der Waals surface area contributed by atoms with E-state index in [9.17, 15) is 4.79 Å². The van der Waals surface area contributed by atoms with E-state index in [1.54, 1.807) is 6.20 Å². The molecule has 0 unspecified atom stereocenters. The van der Waals surface area contributed by atoms with E-state index in [2.05, 4.69) is 16.5 Å². The molecule has 98 valence electrons. The average molecular weight is 257 g/mol. The highest BCUT2D eigenvalue weighted by atomic mass is 16.5. The lowest BCUT2D eigenvalue weighted by Gasteiger charge is -2.23. The Hall–Kier alpha value is -2.14. The number of nitrogens with one attached hydrogen (secondary N) is 1. The zero-order valence-corrected chi connectivity index (χ0v) is 10.5. The molecule has 0 aliphatic carbocycles. The maximum Gasteiger partial charge on any atom is 0.246 e. The molecule has 1 aromatic heterocycles. The fourth-order valence-electron chi connectivity index (χ4n) is 2.25. The number of hydrogen-bond acceptors (Lipinski definition) is 3. The highest BCUT2D eigenvalue weighted by molar-refractivity contribution is 5.78. The van der Waals surface area contributed by atoms with E-state index in [1.807, 2.05) is 35.1 Å². The van der Waals surface area contributed by atoms with Gasteiger partial charge in [0, 0.05) is 12.4 Å². The second kappa shape index (κ2) is 5.24. The van der Waals surface area contributed by atoms with Crippen molar-refractivity contribution in [2.45, 2.75) is 12.5 Å². The van der Waals surface area contributed by atoms with Gasteiger partial charge in [0.25, 0.3) is 0 Å². The maximum absolute atomic E-state index is 11.3. The summed E-state index contributed by atoms with van der Waals surface area (Å²) in [5, 5.41) is 7.14. The monoisotopic (exact) mass is 257 g/mol. The van der Waals surface area contributed by atoms with Crippen LogP contribution in [0.2, 0.25) is 0 Å². The van der Waals surface area contributed by atoms with E-state index >= 15 is 0 Å². The van der Waals surface area contributed by atoms with Gasteiger partial charge < -0.3 is 10.1 Å². The SMILES string of the molecule is O=C1COC[C@@H](Cc2cccc(-n3cccn3)c2)N1. The van der Waals surface area contributed by atoms with E-state index in [4.69, 9.17) is 4.74 Å². The summed E-state index contributed by atoms with van der Waals surface area (Å²) in [6.45, 7) is 0.738. The summed E-state index contributed by atoms with van der Waals surface area (Å²) in [6.07, 6.45) is 4.42. The Kier molecular flexibility index (Phi) is 3.29. The van der Waals surface area contributed by atoms with E-state index in [-0.39, 0.29) is 18.6 Å². The van der Waals surface area contributed by atoms with Gasteiger partial charge in [-0.2, -0.15) is 5.10 Å². The summed E-state index contributed by atoms with van der Waals surface area (Å²) in [5.74, 6) is -0.0421. The van der Waals surface area contributed by atoms with Crippen molar-refractivity contribution in [3.05, 3.63) is 48.3 Å². The minimum Gasteiger partial charge on any atom is -0.369 e. The zero-order chi connectivity index (χ0) is 13.1. The average Bonchev–Trinajstić information content (AvgIpc) is 2.93. The third-order valence-electron chi connectivity index (χ3n) is 3.08. The molecule has 5 nitrogen and oxygen atoms in total. The first kappa shape index (κ1) is 11.9. The molecular weight excluding hydrogens is 242 g/mol. The van der Waals surface area contributed by atoms with Gasteiger partial charge >= 0.3 is 0 Å². The Morgan fingerprint density at radius 2 is 2.37 bits per heavy atom. The molecule has 0 radical (unpaired) electrons. The predicted molar refractivity (Wildman–Crippen MR) is 70.0 cm³/mol. The van der Waals surface area contributed by atoms with Crippen molar-refractivity contribution in [3.63, 3.8) is 0 Å². The van der Waals surface area contributed by atoms with Crippen LogP contribution in [-0.2, 0) is 16.0 Å².